The Morgan fingerprint density at radius 1 is 0.875 bits per heavy atom. The molecule has 0 atom stereocenters. The third-order valence-corrected chi connectivity index (χ3v) is 2.51. The van der Waals surface area contributed by atoms with E-state index >= 15 is 0 Å². The number of aryl methyl sites for hydroxylation is 1. The van der Waals surface area contributed by atoms with E-state index in [1.165, 1.54) is 6.07 Å². The molecule has 0 aliphatic carbocycles. The van der Waals surface area contributed by atoms with Crippen LogP contribution < -0.4 is 0 Å². The molecule has 3 nitrogen and oxygen atoms in total. The van der Waals surface area contributed by atoms with Crippen LogP contribution in [0.1, 0.15) is 5.56 Å². The van der Waals surface area contributed by atoms with Gasteiger partial charge >= 0.3 is 0 Å². The van der Waals surface area contributed by atoms with Gasteiger partial charge in [0.2, 0.25) is 0 Å². The quantitative estimate of drug-likeness (QED) is 0.507. The minimum atomic E-state index is -0.321. The van der Waals surface area contributed by atoms with Crippen LogP contribution in [0.4, 0.5) is 0 Å². The van der Waals surface area contributed by atoms with Crippen molar-refractivity contribution in [1.29, 1.82) is 0 Å². The molecule has 2 aromatic rings. The van der Waals surface area contributed by atoms with E-state index < -0.39 is 0 Å². The summed E-state index contributed by atoms with van der Waals surface area (Å²) in [5.74, 6) is -0.612. The Morgan fingerprint density at radius 3 is 2.25 bits per heavy atom. The van der Waals surface area contributed by atoms with Crippen LogP contribution in [0.3, 0.4) is 0 Å². The maximum absolute atomic E-state index is 9.74. The molecule has 3 heteroatoms. The molecule has 0 aromatic heterocycles. The van der Waals surface area contributed by atoms with Gasteiger partial charge in [-0.3, -0.25) is 0 Å². The highest BCUT2D eigenvalue weighted by atomic mass is 16.3. The minimum Gasteiger partial charge on any atom is -0.508 e. The molecule has 0 bridgehead atoms. The molecule has 82 valence electrons. The SMILES string of the molecule is Cc1ccccc1-c1cc(O)cc(O)c1O. The first-order chi connectivity index (χ1) is 7.59. The summed E-state index contributed by atoms with van der Waals surface area (Å²) < 4.78 is 0. The Kier molecular flexibility index (Phi) is 2.44. The van der Waals surface area contributed by atoms with Crippen LogP contribution >= 0.6 is 0 Å². The van der Waals surface area contributed by atoms with Gasteiger partial charge in [0, 0.05) is 11.6 Å². The lowest BCUT2D eigenvalue weighted by atomic mass is 9.99. The van der Waals surface area contributed by atoms with Crippen LogP contribution in [0.5, 0.6) is 17.2 Å². The third kappa shape index (κ3) is 1.67. The van der Waals surface area contributed by atoms with Gasteiger partial charge in [0.05, 0.1) is 0 Å². The van der Waals surface area contributed by atoms with Gasteiger partial charge in [0.25, 0.3) is 0 Å². The lowest BCUT2D eigenvalue weighted by Crippen LogP contribution is -1.84. The zero-order valence-electron chi connectivity index (χ0n) is 8.81. The summed E-state index contributed by atoms with van der Waals surface area (Å²) in [4.78, 5) is 0. The molecule has 0 saturated carbocycles. The van der Waals surface area contributed by atoms with Gasteiger partial charge in [-0.15, -0.1) is 0 Å². The van der Waals surface area contributed by atoms with Crippen LogP contribution in [0, 0.1) is 6.92 Å². The Hall–Kier alpha value is -2.16. The van der Waals surface area contributed by atoms with Crippen molar-refractivity contribution in [1.82, 2.24) is 0 Å². The van der Waals surface area contributed by atoms with E-state index in [9.17, 15) is 15.3 Å². The van der Waals surface area contributed by atoms with Crippen LogP contribution in [0.2, 0.25) is 0 Å². The molecule has 0 fully saturated rings. The van der Waals surface area contributed by atoms with Crippen molar-refractivity contribution in [2.75, 3.05) is 0 Å². The Balaban J connectivity index is 2.69. The van der Waals surface area contributed by atoms with E-state index in [4.69, 9.17) is 0 Å². The number of benzene rings is 2. The Morgan fingerprint density at radius 2 is 1.56 bits per heavy atom. The van der Waals surface area contributed by atoms with Gasteiger partial charge in [-0.25, -0.2) is 0 Å². The molecule has 0 heterocycles. The smallest absolute Gasteiger partial charge is 0.165 e. The van der Waals surface area contributed by atoms with E-state index in [0.717, 1.165) is 17.2 Å². The highest BCUT2D eigenvalue weighted by Gasteiger charge is 2.12. The number of phenols is 3. The molecule has 0 amide bonds. The van der Waals surface area contributed by atoms with Crippen LogP contribution in [-0.4, -0.2) is 15.3 Å². The molecular formula is C13H12O3. The summed E-state index contributed by atoms with van der Waals surface area (Å²) in [5.41, 5.74) is 2.17. The van der Waals surface area contributed by atoms with Crippen molar-refractivity contribution >= 4 is 0 Å². The third-order valence-electron chi connectivity index (χ3n) is 2.51. The summed E-state index contributed by atoms with van der Waals surface area (Å²) in [6.45, 7) is 1.90. The fourth-order valence-corrected chi connectivity index (χ4v) is 1.68. The molecule has 0 unspecified atom stereocenters. The predicted octanol–water partition coefficient (Wildman–Crippen LogP) is 2.78. The maximum atomic E-state index is 9.74. The second kappa shape index (κ2) is 3.77. The normalized spacial score (nSPS) is 10.3. The van der Waals surface area contributed by atoms with E-state index in [1.54, 1.807) is 0 Å². The predicted molar refractivity (Wildman–Crippen MR) is 61.6 cm³/mol. The van der Waals surface area contributed by atoms with Crippen LogP contribution in [0.15, 0.2) is 36.4 Å². The van der Waals surface area contributed by atoms with Gasteiger partial charge in [-0.2, -0.15) is 0 Å². The molecule has 0 aliphatic rings. The molecule has 16 heavy (non-hydrogen) atoms. The number of hydrogen-bond acceptors (Lipinski definition) is 3. The number of hydrogen-bond donors (Lipinski definition) is 3. The van der Waals surface area contributed by atoms with E-state index in [0.29, 0.717) is 5.56 Å². The average molecular weight is 216 g/mol. The molecule has 0 spiro atoms. The maximum Gasteiger partial charge on any atom is 0.165 e. The first-order valence-electron chi connectivity index (χ1n) is 4.90. The summed E-state index contributed by atoms with van der Waals surface area (Å²) in [7, 11) is 0. The first-order valence-corrected chi connectivity index (χ1v) is 4.90. The second-order valence-electron chi connectivity index (χ2n) is 3.68. The van der Waals surface area contributed by atoms with E-state index in [1.807, 2.05) is 31.2 Å². The van der Waals surface area contributed by atoms with Gasteiger partial charge in [-0.1, -0.05) is 24.3 Å². The minimum absolute atomic E-state index is 0.0754. The fourth-order valence-electron chi connectivity index (χ4n) is 1.68. The topological polar surface area (TPSA) is 60.7 Å². The van der Waals surface area contributed by atoms with Gasteiger partial charge in [0.1, 0.15) is 5.75 Å². The summed E-state index contributed by atoms with van der Waals surface area (Å²) in [6, 6.07) is 9.98. The summed E-state index contributed by atoms with van der Waals surface area (Å²) in [6.07, 6.45) is 0. The molecular weight excluding hydrogens is 204 g/mol. The average Bonchev–Trinajstić information content (AvgIpc) is 2.24. The van der Waals surface area contributed by atoms with Crippen LogP contribution in [0.25, 0.3) is 11.1 Å². The molecule has 2 aromatic carbocycles. The standard InChI is InChI=1S/C13H12O3/c1-8-4-2-3-5-10(8)11-6-9(14)7-12(15)13(11)16/h2-7,14-16H,1H3. The molecule has 0 aliphatic heterocycles. The lowest BCUT2D eigenvalue weighted by Gasteiger charge is -2.09. The second-order valence-corrected chi connectivity index (χ2v) is 3.68. The van der Waals surface area contributed by atoms with Crippen molar-refractivity contribution in [2.24, 2.45) is 0 Å². The van der Waals surface area contributed by atoms with Crippen molar-refractivity contribution in [3.05, 3.63) is 42.0 Å². The summed E-state index contributed by atoms with van der Waals surface area (Å²) in [5, 5.41) is 28.6. The highest BCUT2D eigenvalue weighted by molar-refractivity contribution is 5.77. The zero-order valence-corrected chi connectivity index (χ0v) is 8.81. The van der Waals surface area contributed by atoms with Crippen molar-refractivity contribution in [3.63, 3.8) is 0 Å². The molecule has 3 N–H and O–H groups in total. The zero-order chi connectivity index (χ0) is 11.7. The van der Waals surface area contributed by atoms with Gasteiger partial charge in [0.15, 0.2) is 11.5 Å². The van der Waals surface area contributed by atoms with Gasteiger partial charge < -0.3 is 15.3 Å². The van der Waals surface area contributed by atoms with Crippen LogP contribution in [-0.2, 0) is 0 Å². The van der Waals surface area contributed by atoms with Gasteiger partial charge in [-0.05, 0) is 24.1 Å². The van der Waals surface area contributed by atoms with E-state index in [-0.39, 0.29) is 17.2 Å². The Labute approximate surface area is 93.2 Å². The van der Waals surface area contributed by atoms with E-state index in [2.05, 4.69) is 0 Å². The summed E-state index contributed by atoms with van der Waals surface area (Å²) >= 11 is 0. The Bertz CT molecular complexity index is 533. The number of rotatable bonds is 1. The fraction of sp³-hybridized carbons (Fsp3) is 0.0769. The highest BCUT2D eigenvalue weighted by Crippen LogP contribution is 2.40. The molecule has 2 rings (SSSR count). The largest absolute Gasteiger partial charge is 0.508 e. The molecule has 0 radical (unpaired) electrons. The first kappa shape index (κ1) is 10.4. The lowest BCUT2D eigenvalue weighted by molar-refractivity contribution is 0.398. The van der Waals surface area contributed by atoms with Crippen molar-refractivity contribution in [3.8, 4) is 28.4 Å². The monoisotopic (exact) mass is 216 g/mol. The van der Waals surface area contributed by atoms with Crippen molar-refractivity contribution < 1.29 is 15.3 Å². The number of aromatic hydroxyl groups is 3. The number of phenolic OH excluding ortho intramolecular Hbond substituents is 3. The molecule has 0 saturated heterocycles. The van der Waals surface area contributed by atoms with Crippen molar-refractivity contribution in [2.45, 2.75) is 6.92 Å².